The molecule has 11 heteroatoms. The van der Waals surface area contributed by atoms with Crippen LogP contribution in [0, 0.1) is 20.8 Å². The second-order valence-corrected chi connectivity index (χ2v) is 7.96. The van der Waals surface area contributed by atoms with Gasteiger partial charge >= 0.3 is 0 Å². The lowest BCUT2D eigenvalue weighted by Gasteiger charge is -2.14. The molecule has 0 bridgehead atoms. The minimum absolute atomic E-state index is 0.0610. The first-order valence-corrected chi connectivity index (χ1v) is 9.91. The summed E-state index contributed by atoms with van der Waals surface area (Å²) >= 11 is 0. The molecule has 148 valence electrons. The number of amides is 1. The van der Waals surface area contributed by atoms with E-state index in [1.54, 1.807) is 25.1 Å². The van der Waals surface area contributed by atoms with Crippen LogP contribution in [0.5, 0.6) is 0 Å². The van der Waals surface area contributed by atoms with Crippen LogP contribution in [0.1, 0.15) is 24.2 Å². The molecular weight excluding hydrogens is 384 g/mol. The van der Waals surface area contributed by atoms with E-state index >= 15 is 0 Å². The summed E-state index contributed by atoms with van der Waals surface area (Å²) in [5.74, 6) is 0.818. The molecule has 3 aromatic rings. The number of rotatable bonds is 6. The Morgan fingerprint density at radius 3 is 2.61 bits per heavy atom. The molecule has 2 aromatic heterocycles. The van der Waals surface area contributed by atoms with Crippen LogP contribution < -0.4 is 10.0 Å². The number of H-pyrrole nitrogens is 1. The van der Waals surface area contributed by atoms with Gasteiger partial charge in [0, 0.05) is 11.3 Å². The highest BCUT2D eigenvalue weighted by molar-refractivity contribution is 7.89. The summed E-state index contributed by atoms with van der Waals surface area (Å²) < 4.78 is 32.3. The summed E-state index contributed by atoms with van der Waals surface area (Å²) in [6.07, 6.45) is 0. The van der Waals surface area contributed by atoms with Crippen molar-refractivity contribution in [2.24, 2.45) is 0 Å². The zero-order valence-electron chi connectivity index (χ0n) is 15.8. The highest BCUT2D eigenvalue weighted by Crippen LogP contribution is 2.21. The Bertz CT molecular complexity index is 1100. The number of nitrogens with zero attached hydrogens (tertiary/aromatic N) is 3. The van der Waals surface area contributed by atoms with Gasteiger partial charge in [0.05, 0.1) is 6.04 Å². The van der Waals surface area contributed by atoms with Crippen molar-refractivity contribution in [3.8, 4) is 11.4 Å². The van der Waals surface area contributed by atoms with Crippen LogP contribution in [0.3, 0.4) is 0 Å². The zero-order chi connectivity index (χ0) is 20.5. The lowest BCUT2D eigenvalue weighted by Crippen LogP contribution is -2.41. The van der Waals surface area contributed by atoms with Gasteiger partial charge in [-0.25, -0.2) is 13.4 Å². The minimum Gasteiger partial charge on any atom is -0.360 e. The Labute approximate surface area is 161 Å². The third-order valence-corrected chi connectivity index (χ3v) is 5.73. The van der Waals surface area contributed by atoms with Crippen molar-refractivity contribution < 1.29 is 17.7 Å². The minimum atomic E-state index is -3.95. The normalized spacial score (nSPS) is 12.7. The number of nitrogens with one attached hydrogen (secondary N) is 3. The summed E-state index contributed by atoms with van der Waals surface area (Å²) in [7, 11) is -3.95. The Balaban J connectivity index is 1.73. The van der Waals surface area contributed by atoms with Crippen molar-refractivity contribution in [1.82, 2.24) is 25.1 Å². The van der Waals surface area contributed by atoms with Crippen LogP contribution in [-0.4, -0.2) is 40.7 Å². The van der Waals surface area contributed by atoms with E-state index < -0.39 is 22.0 Å². The third kappa shape index (κ3) is 4.10. The third-order valence-electron chi connectivity index (χ3n) is 3.95. The summed E-state index contributed by atoms with van der Waals surface area (Å²) in [5, 5.41) is 13.2. The molecule has 3 N–H and O–H groups in total. The molecule has 1 aromatic carbocycles. The van der Waals surface area contributed by atoms with Crippen LogP contribution in [0.25, 0.3) is 11.4 Å². The van der Waals surface area contributed by atoms with E-state index in [-0.39, 0.29) is 16.3 Å². The molecule has 0 aliphatic rings. The second kappa shape index (κ2) is 7.52. The fourth-order valence-electron chi connectivity index (χ4n) is 2.66. The number of aromatic nitrogens is 4. The van der Waals surface area contributed by atoms with E-state index in [0.717, 1.165) is 0 Å². The molecule has 1 amide bonds. The number of aromatic amines is 1. The summed E-state index contributed by atoms with van der Waals surface area (Å²) in [4.78, 5) is 16.6. The molecule has 10 nitrogen and oxygen atoms in total. The van der Waals surface area contributed by atoms with Crippen molar-refractivity contribution in [3.63, 3.8) is 0 Å². The van der Waals surface area contributed by atoms with Gasteiger partial charge in [-0.15, -0.1) is 0 Å². The first-order valence-electron chi connectivity index (χ1n) is 8.43. The van der Waals surface area contributed by atoms with Crippen LogP contribution >= 0.6 is 0 Å². The standard InChI is InChI=1S/C17H20N6O4S/c1-9-15(11(3)27-22-9)28(25,26)23-10(2)17(24)19-14-7-5-6-13(8-14)16-18-12(4)20-21-16/h5-8,10,23H,1-4H3,(H,19,24)(H,18,20,21)/t10-/m0/s1. The molecule has 0 saturated carbocycles. The molecule has 0 saturated heterocycles. The molecule has 0 fully saturated rings. The zero-order valence-corrected chi connectivity index (χ0v) is 16.6. The van der Waals surface area contributed by atoms with Crippen LogP contribution in [0.2, 0.25) is 0 Å². The second-order valence-electron chi connectivity index (χ2n) is 6.31. The summed E-state index contributed by atoms with van der Waals surface area (Å²) in [6.45, 7) is 6.25. The highest BCUT2D eigenvalue weighted by Gasteiger charge is 2.28. The maximum Gasteiger partial charge on any atom is 0.246 e. The van der Waals surface area contributed by atoms with Crippen molar-refractivity contribution in [2.75, 3.05) is 5.32 Å². The van der Waals surface area contributed by atoms with Gasteiger partial charge in [-0.1, -0.05) is 17.3 Å². The van der Waals surface area contributed by atoms with E-state index in [4.69, 9.17) is 4.52 Å². The van der Waals surface area contributed by atoms with Gasteiger partial charge in [0.15, 0.2) is 11.6 Å². The lowest BCUT2D eigenvalue weighted by molar-refractivity contribution is -0.117. The van der Waals surface area contributed by atoms with Gasteiger partial charge in [-0.3, -0.25) is 9.89 Å². The van der Waals surface area contributed by atoms with Gasteiger partial charge in [-0.05, 0) is 39.8 Å². The van der Waals surface area contributed by atoms with Crippen molar-refractivity contribution >= 4 is 21.6 Å². The maximum atomic E-state index is 12.5. The number of carbonyl (C=O) groups is 1. The molecule has 0 aliphatic carbocycles. The fraction of sp³-hybridized carbons (Fsp3) is 0.294. The number of benzene rings is 1. The number of anilines is 1. The Hall–Kier alpha value is -3.05. The topological polar surface area (TPSA) is 143 Å². The van der Waals surface area contributed by atoms with Crippen LogP contribution in [0.4, 0.5) is 5.69 Å². The van der Waals surface area contributed by atoms with Gasteiger partial charge in [0.1, 0.15) is 16.4 Å². The number of hydrogen-bond donors (Lipinski definition) is 3. The predicted molar refractivity (Wildman–Crippen MR) is 101 cm³/mol. The van der Waals surface area contributed by atoms with Gasteiger partial charge < -0.3 is 9.84 Å². The maximum absolute atomic E-state index is 12.5. The molecule has 0 unspecified atom stereocenters. The smallest absolute Gasteiger partial charge is 0.246 e. The van der Waals surface area contributed by atoms with Crippen molar-refractivity contribution in [2.45, 2.75) is 38.6 Å². The predicted octanol–water partition coefficient (Wildman–Crippen LogP) is 1.69. The van der Waals surface area contributed by atoms with Crippen molar-refractivity contribution in [3.05, 3.63) is 41.5 Å². The molecule has 0 aliphatic heterocycles. The van der Waals surface area contributed by atoms with E-state index in [1.807, 2.05) is 6.07 Å². The van der Waals surface area contributed by atoms with E-state index in [2.05, 4.69) is 30.4 Å². The van der Waals surface area contributed by atoms with E-state index in [0.29, 0.717) is 22.9 Å². The highest BCUT2D eigenvalue weighted by atomic mass is 32.2. The van der Waals surface area contributed by atoms with Gasteiger partial charge in [-0.2, -0.15) is 9.82 Å². The lowest BCUT2D eigenvalue weighted by atomic mass is 10.2. The fourth-order valence-corrected chi connectivity index (χ4v) is 4.19. The monoisotopic (exact) mass is 404 g/mol. The largest absolute Gasteiger partial charge is 0.360 e. The average Bonchev–Trinajstić information content (AvgIpc) is 3.20. The number of aryl methyl sites for hydroxylation is 3. The number of hydrogen-bond acceptors (Lipinski definition) is 7. The van der Waals surface area contributed by atoms with Gasteiger partial charge in [0.25, 0.3) is 0 Å². The quantitative estimate of drug-likeness (QED) is 0.567. The summed E-state index contributed by atoms with van der Waals surface area (Å²) in [5.41, 5.74) is 1.44. The molecule has 0 spiro atoms. The molecular formula is C17H20N6O4S. The molecule has 2 heterocycles. The average molecular weight is 404 g/mol. The van der Waals surface area contributed by atoms with Gasteiger partial charge in [0.2, 0.25) is 15.9 Å². The summed E-state index contributed by atoms with van der Waals surface area (Å²) in [6, 6.07) is 5.93. The van der Waals surface area contributed by atoms with Crippen LogP contribution in [-0.2, 0) is 14.8 Å². The molecule has 1 atom stereocenters. The molecule has 28 heavy (non-hydrogen) atoms. The number of sulfonamides is 1. The Morgan fingerprint density at radius 2 is 2.00 bits per heavy atom. The van der Waals surface area contributed by atoms with Crippen molar-refractivity contribution in [1.29, 1.82) is 0 Å². The van der Waals surface area contributed by atoms with E-state index in [9.17, 15) is 13.2 Å². The Morgan fingerprint density at radius 1 is 1.25 bits per heavy atom. The van der Waals surface area contributed by atoms with Crippen LogP contribution in [0.15, 0.2) is 33.7 Å². The molecule has 0 radical (unpaired) electrons. The first-order chi connectivity index (χ1) is 13.2. The first kappa shape index (κ1) is 19.7. The Kier molecular flexibility index (Phi) is 5.29. The SMILES string of the molecule is Cc1nc(-c2cccc(NC(=O)[C@H](C)NS(=O)(=O)c3c(C)noc3C)c2)n[nH]1. The number of carbonyl (C=O) groups excluding carboxylic acids is 1. The van der Waals surface area contributed by atoms with E-state index in [1.165, 1.54) is 20.8 Å². The molecule has 3 rings (SSSR count).